The standard InChI is InChI=1S/C15H22N6O5S.C7H8O3S.H2O4S/c1-27(3-2-7(16)15(24)25)4-8-10(22)11(23)14(26-8)21-6-20-9-12(17)18-5-19-13(9)21;1-6-2-4-7(5-3-6)11(8,9)10;1-5(2,3)4/h5-8,10-11,14,22-23H,2-4,16H2,1H3,(H2-,17,18,19,24,25);2-5H,1H3,(H,8,9,10);(H2,1,2,3,4)/t7?,8-,10-,11-,14-,27?;;/m1../s1. The summed E-state index contributed by atoms with van der Waals surface area (Å²) in [5, 5.41) is 29.7. The number of aromatic nitrogens is 4. The van der Waals surface area contributed by atoms with Crippen LogP contribution < -0.4 is 11.5 Å². The molecule has 0 aliphatic carbocycles. The molecule has 4 rings (SSSR count). The number of nitrogen functional groups attached to an aromatic ring is 1. The van der Waals surface area contributed by atoms with E-state index in [2.05, 4.69) is 15.0 Å². The van der Waals surface area contributed by atoms with E-state index in [-0.39, 0.29) is 21.6 Å². The quantitative estimate of drug-likeness (QED) is 0.104. The summed E-state index contributed by atoms with van der Waals surface area (Å²) in [6.45, 7) is 1.82. The molecule has 0 spiro atoms. The maximum absolute atomic E-state index is 10.8. The zero-order chi connectivity index (χ0) is 32.7. The van der Waals surface area contributed by atoms with Gasteiger partial charge in [-0.1, -0.05) is 17.7 Å². The molecule has 2 unspecified atom stereocenters. The average Bonchev–Trinajstić information content (AvgIpc) is 3.43. The molecule has 3 heterocycles. The smallest absolute Gasteiger partial charge is 0.394 e. The van der Waals surface area contributed by atoms with Crippen LogP contribution in [0.25, 0.3) is 11.2 Å². The molecule has 0 radical (unpaired) electrons. The van der Waals surface area contributed by atoms with Gasteiger partial charge in [0.25, 0.3) is 0 Å². The van der Waals surface area contributed by atoms with Crippen LogP contribution in [0.3, 0.4) is 0 Å². The number of imidazole rings is 1. The van der Waals surface area contributed by atoms with Gasteiger partial charge in [-0.3, -0.25) is 18.5 Å². The van der Waals surface area contributed by atoms with Crippen molar-refractivity contribution >= 4 is 54.4 Å². The van der Waals surface area contributed by atoms with Gasteiger partial charge in [0, 0.05) is 6.42 Å². The molecule has 0 amide bonds. The number of aliphatic hydroxyl groups is 2. The number of hydrogen-bond donors (Lipinski definition) is 7. The minimum Gasteiger partial charge on any atom is -0.744 e. The lowest BCUT2D eigenvalue weighted by Gasteiger charge is -2.16. The van der Waals surface area contributed by atoms with Gasteiger partial charge in [-0.2, -0.15) is 8.42 Å². The van der Waals surface area contributed by atoms with Crippen molar-refractivity contribution in [2.75, 3.05) is 23.5 Å². The molecule has 9 N–H and O–H groups in total. The van der Waals surface area contributed by atoms with E-state index in [0.717, 1.165) is 5.56 Å². The normalized spacial score (nSPS) is 21.7. The zero-order valence-electron chi connectivity index (χ0n) is 22.7. The number of aryl methyl sites for hydroxylation is 1. The molecule has 240 valence electrons. The summed E-state index contributed by atoms with van der Waals surface area (Å²) in [5.74, 6) is 0.254. The summed E-state index contributed by atoms with van der Waals surface area (Å²) in [5.41, 5.74) is 13.0. The Labute approximate surface area is 249 Å². The van der Waals surface area contributed by atoms with E-state index in [1.165, 1.54) is 29.4 Å². The highest BCUT2D eigenvalue weighted by molar-refractivity contribution is 7.96. The first-order chi connectivity index (χ1) is 19.8. The number of nitrogens with zero attached hydrogens (tertiary/aromatic N) is 4. The molecular formula is C22H32N6O12S3. The topological polar surface area (TPSA) is 314 Å². The summed E-state index contributed by atoms with van der Waals surface area (Å²) in [6, 6.07) is 4.88. The number of nitrogens with two attached hydrogens (primary N) is 2. The zero-order valence-corrected chi connectivity index (χ0v) is 25.2. The number of ether oxygens (including phenoxy) is 1. The van der Waals surface area contributed by atoms with Crippen molar-refractivity contribution in [2.45, 2.75) is 48.8 Å². The third kappa shape index (κ3) is 11.2. The van der Waals surface area contributed by atoms with E-state index < -0.39 is 57.1 Å². The Morgan fingerprint density at radius 3 is 2.23 bits per heavy atom. The summed E-state index contributed by atoms with van der Waals surface area (Å²) in [4.78, 5) is 22.8. The van der Waals surface area contributed by atoms with E-state index >= 15 is 0 Å². The van der Waals surface area contributed by atoms with E-state index in [1.807, 2.05) is 13.2 Å². The highest BCUT2D eigenvalue weighted by Crippen LogP contribution is 2.32. The number of fused-ring (bicyclic) bond motifs is 1. The third-order valence-electron chi connectivity index (χ3n) is 5.85. The lowest BCUT2D eigenvalue weighted by atomic mass is 10.1. The molecule has 3 aromatic rings. The van der Waals surface area contributed by atoms with Crippen LogP contribution in [0.4, 0.5) is 5.82 Å². The van der Waals surface area contributed by atoms with E-state index in [9.17, 15) is 28.0 Å². The first kappa shape index (κ1) is 36.2. The minimum absolute atomic E-state index is 0.178. The number of aliphatic carboxylic acids is 1. The Morgan fingerprint density at radius 1 is 1.12 bits per heavy atom. The van der Waals surface area contributed by atoms with Crippen LogP contribution in [0.1, 0.15) is 18.2 Å². The number of hydrogen-bond acceptors (Lipinski definition) is 14. The van der Waals surface area contributed by atoms with Crippen LogP contribution in [-0.2, 0) is 40.9 Å². The number of anilines is 1. The molecule has 43 heavy (non-hydrogen) atoms. The van der Waals surface area contributed by atoms with Crippen molar-refractivity contribution in [2.24, 2.45) is 5.73 Å². The third-order valence-corrected chi connectivity index (χ3v) is 8.53. The Kier molecular flexibility index (Phi) is 12.7. The molecule has 1 aliphatic heterocycles. The molecule has 18 nitrogen and oxygen atoms in total. The van der Waals surface area contributed by atoms with Gasteiger partial charge in [0.05, 0.1) is 17.5 Å². The monoisotopic (exact) mass is 668 g/mol. The largest absolute Gasteiger partial charge is 0.744 e. The molecule has 2 aromatic heterocycles. The lowest BCUT2D eigenvalue weighted by Crippen LogP contribution is -2.37. The van der Waals surface area contributed by atoms with Crippen molar-refractivity contribution in [1.29, 1.82) is 0 Å². The predicted molar refractivity (Wildman–Crippen MR) is 152 cm³/mol. The number of benzene rings is 1. The molecule has 1 aliphatic rings. The van der Waals surface area contributed by atoms with Crippen LogP contribution in [0.15, 0.2) is 41.8 Å². The first-order valence-electron chi connectivity index (χ1n) is 12.0. The molecule has 1 fully saturated rings. The second kappa shape index (κ2) is 15.1. The van der Waals surface area contributed by atoms with E-state index in [0.29, 0.717) is 29.1 Å². The molecule has 1 saturated heterocycles. The summed E-state index contributed by atoms with van der Waals surface area (Å²) in [6.07, 6.45) is 1.31. The highest BCUT2D eigenvalue weighted by Gasteiger charge is 2.46. The fourth-order valence-corrected chi connectivity index (χ4v) is 5.80. The van der Waals surface area contributed by atoms with E-state index in [1.54, 1.807) is 12.1 Å². The fourth-order valence-electron chi connectivity index (χ4n) is 3.67. The van der Waals surface area contributed by atoms with Crippen LogP contribution >= 0.6 is 0 Å². The van der Waals surface area contributed by atoms with Crippen molar-refractivity contribution in [1.82, 2.24) is 19.5 Å². The first-order valence-corrected chi connectivity index (χ1v) is 16.8. The van der Waals surface area contributed by atoms with Gasteiger partial charge < -0.3 is 36.1 Å². The molecule has 0 bridgehead atoms. The molecule has 6 atom stereocenters. The highest BCUT2D eigenvalue weighted by atomic mass is 32.3. The Bertz CT molecular complexity index is 1580. The van der Waals surface area contributed by atoms with Gasteiger partial charge in [0.15, 0.2) is 17.7 Å². The van der Waals surface area contributed by atoms with Gasteiger partial charge >= 0.3 is 16.4 Å². The van der Waals surface area contributed by atoms with Crippen molar-refractivity contribution < 1.29 is 55.3 Å². The van der Waals surface area contributed by atoms with Gasteiger partial charge in [0.2, 0.25) is 0 Å². The average molecular weight is 669 g/mol. The second-order valence-corrected chi connectivity index (χ2v) is 13.8. The van der Waals surface area contributed by atoms with Gasteiger partial charge in [-0.15, -0.1) is 0 Å². The number of carboxylic acid groups (broad SMARTS) is 1. The molecule has 1 aromatic carbocycles. The van der Waals surface area contributed by atoms with Gasteiger partial charge in [0.1, 0.15) is 57.8 Å². The minimum atomic E-state index is -4.67. The van der Waals surface area contributed by atoms with Crippen LogP contribution in [0.5, 0.6) is 0 Å². The number of carboxylic acids is 1. The van der Waals surface area contributed by atoms with Crippen LogP contribution in [0.2, 0.25) is 0 Å². The summed E-state index contributed by atoms with van der Waals surface area (Å²) >= 11 is 0. The fraction of sp³-hybridized carbons (Fsp3) is 0.455. The van der Waals surface area contributed by atoms with Gasteiger partial charge in [-0.25, -0.2) is 23.4 Å². The predicted octanol–water partition coefficient (Wildman–Crippen LogP) is -1.68. The number of rotatable bonds is 8. The maximum Gasteiger partial charge on any atom is 0.394 e. The van der Waals surface area contributed by atoms with Crippen LogP contribution in [-0.4, -0.2) is 113 Å². The molecular weight excluding hydrogens is 636 g/mol. The SMILES string of the molecule is C[S+](CCC(N)C(=O)O)C[C@H]1O[C@@H](n2cnc3c(N)ncnc32)[C@H](O)[C@@H]1O.Cc1ccc(S(=O)(=O)[O-])cc1.O=S(=O)(O)O. The number of carbonyl (C=O) groups is 1. The van der Waals surface area contributed by atoms with Crippen molar-refractivity contribution in [3.8, 4) is 0 Å². The number of aliphatic hydroxyl groups excluding tert-OH is 2. The maximum atomic E-state index is 10.8. The van der Waals surface area contributed by atoms with E-state index in [4.69, 9.17) is 38.8 Å². The molecule has 21 heteroatoms. The second-order valence-electron chi connectivity index (χ2n) is 9.23. The summed E-state index contributed by atoms with van der Waals surface area (Å²) in [7, 11) is -9.17. The van der Waals surface area contributed by atoms with Crippen LogP contribution in [0, 0.1) is 6.92 Å². The summed E-state index contributed by atoms with van der Waals surface area (Å²) < 4.78 is 70.2. The van der Waals surface area contributed by atoms with Crippen molar-refractivity contribution in [3.05, 3.63) is 42.5 Å². The Morgan fingerprint density at radius 2 is 1.70 bits per heavy atom. The van der Waals surface area contributed by atoms with Crippen molar-refractivity contribution in [3.63, 3.8) is 0 Å². The lowest BCUT2D eigenvalue weighted by molar-refractivity contribution is -0.138. The van der Waals surface area contributed by atoms with Gasteiger partial charge in [-0.05, 0) is 30.0 Å². The Balaban J connectivity index is 0.000000332. The molecule has 0 saturated carbocycles. The Hall–Kier alpha value is -2.99.